The highest BCUT2D eigenvalue weighted by Gasteiger charge is 2.25. The molecule has 0 spiro atoms. The summed E-state index contributed by atoms with van der Waals surface area (Å²) >= 11 is 0. The van der Waals surface area contributed by atoms with E-state index in [2.05, 4.69) is 4.90 Å². The molecule has 2 heterocycles. The molecule has 1 aliphatic heterocycles. The lowest BCUT2D eigenvalue weighted by molar-refractivity contribution is 0.0889. The van der Waals surface area contributed by atoms with Crippen molar-refractivity contribution >= 4 is 9.84 Å². The molecule has 1 fully saturated rings. The Morgan fingerprint density at radius 1 is 1.43 bits per heavy atom. The molecule has 0 aliphatic carbocycles. The van der Waals surface area contributed by atoms with E-state index in [-0.39, 0.29) is 11.8 Å². The van der Waals surface area contributed by atoms with Crippen molar-refractivity contribution in [2.75, 3.05) is 25.1 Å². The van der Waals surface area contributed by atoms with Crippen molar-refractivity contribution in [1.29, 1.82) is 0 Å². The highest BCUT2D eigenvalue weighted by atomic mass is 32.2. The third kappa shape index (κ3) is 5.45. The largest absolute Gasteiger partial charge is 0.467 e. The number of rotatable bonds is 6. The van der Waals surface area contributed by atoms with Crippen LogP contribution in [0.1, 0.15) is 44.0 Å². The molecule has 0 saturated carbocycles. The van der Waals surface area contributed by atoms with E-state index in [0.29, 0.717) is 18.7 Å². The smallest absolute Gasteiger partial charge is 0.148 e. The van der Waals surface area contributed by atoms with Crippen LogP contribution in [0, 0.1) is 0 Å². The second-order valence-corrected chi connectivity index (χ2v) is 8.20. The van der Waals surface area contributed by atoms with Gasteiger partial charge in [-0.15, -0.1) is 0 Å². The minimum Gasteiger partial charge on any atom is -0.467 e. The molecule has 21 heavy (non-hydrogen) atoms. The number of furan rings is 1. The lowest BCUT2D eigenvalue weighted by Crippen LogP contribution is -2.39. The average Bonchev–Trinajstić information content (AvgIpc) is 2.85. The van der Waals surface area contributed by atoms with Crippen LogP contribution in [0.3, 0.4) is 0 Å². The van der Waals surface area contributed by atoms with E-state index in [1.807, 2.05) is 0 Å². The fourth-order valence-corrected chi connectivity index (χ4v) is 3.50. The second kappa shape index (κ2) is 7.42. The molecule has 0 bridgehead atoms. The number of aliphatic hydroxyl groups excluding tert-OH is 1. The van der Waals surface area contributed by atoms with E-state index in [9.17, 15) is 13.5 Å². The monoisotopic (exact) mass is 315 g/mol. The summed E-state index contributed by atoms with van der Waals surface area (Å²) in [4.78, 5) is 2.22. The lowest BCUT2D eigenvalue weighted by Gasteiger charge is -2.30. The molecule has 0 radical (unpaired) electrons. The SMILES string of the molecule is CS(=O)(=O)CCN1CCCCC[C@H]1C[C@@H](O)c1ccco1. The third-order valence-electron chi connectivity index (χ3n) is 4.12. The van der Waals surface area contributed by atoms with Crippen LogP contribution in [0.4, 0.5) is 0 Å². The predicted octanol–water partition coefficient (Wildman–Crippen LogP) is 1.99. The maximum Gasteiger partial charge on any atom is 0.148 e. The van der Waals surface area contributed by atoms with Crippen molar-refractivity contribution in [2.45, 2.75) is 44.2 Å². The maximum absolute atomic E-state index is 11.4. The summed E-state index contributed by atoms with van der Waals surface area (Å²) in [5, 5.41) is 10.3. The molecule has 2 rings (SSSR count). The topological polar surface area (TPSA) is 70.8 Å². The molecule has 5 nitrogen and oxygen atoms in total. The Bertz CT molecular complexity index is 512. The first-order valence-corrected chi connectivity index (χ1v) is 9.65. The van der Waals surface area contributed by atoms with Gasteiger partial charge >= 0.3 is 0 Å². The molecule has 1 N–H and O–H groups in total. The Labute approximate surface area is 126 Å². The zero-order valence-electron chi connectivity index (χ0n) is 12.6. The summed E-state index contributed by atoms with van der Waals surface area (Å²) in [6.07, 6.45) is 7.21. The van der Waals surface area contributed by atoms with Gasteiger partial charge in [-0.25, -0.2) is 8.42 Å². The minimum atomic E-state index is -2.95. The molecule has 1 aromatic heterocycles. The Balaban J connectivity index is 1.98. The number of likely N-dealkylation sites (tertiary alicyclic amines) is 1. The number of nitrogens with zero attached hydrogens (tertiary/aromatic N) is 1. The van der Waals surface area contributed by atoms with E-state index in [0.717, 1.165) is 25.8 Å². The van der Waals surface area contributed by atoms with Gasteiger partial charge < -0.3 is 9.52 Å². The summed E-state index contributed by atoms with van der Waals surface area (Å²) in [7, 11) is -2.95. The van der Waals surface area contributed by atoms with Gasteiger partial charge in [0, 0.05) is 18.8 Å². The van der Waals surface area contributed by atoms with Crippen molar-refractivity contribution in [1.82, 2.24) is 4.90 Å². The Kier molecular flexibility index (Phi) is 5.84. The van der Waals surface area contributed by atoms with E-state index in [1.165, 1.54) is 12.7 Å². The molecule has 6 heteroatoms. The van der Waals surface area contributed by atoms with Crippen LogP contribution < -0.4 is 0 Å². The second-order valence-electron chi connectivity index (χ2n) is 5.94. The molecular weight excluding hydrogens is 290 g/mol. The summed E-state index contributed by atoms with van der Waals surface area (Å²) in [6.45, 7) is 1.46. The quantitative estimate of drug-likeness (QED) is 0.869. The Hall–Kier alpha value is -0.850. The van der Waals surface area contributed by atoms with Crippen LogP contribution in [0.5, 0.6) is 0 Å². The van der Waals surface area contributed by atoms with Gasteiger partial charge in [0.15, 0.2) is 0 Å². The van der Waals surface area contributed by atoms with Gasteiger partial charge in [0.1, 0.15) is 21.7 Å². The standard InChI is InChI=1S/C15H25NO4S/c1-21(18,19)11-9-16-8-4-2-3-6-13(16)12-14(17)15-7-5-10-20-15/h5,7,10,13-14,17H,2-4,6,8-9,11-12H2,1H3/t13-,14+/m0/s1. The van der Waals surface area contributed by atoms with Gasteiger partial charge in [-0.2, -0.15) is 0 Å². The van der Waals surface area contributed by atoms with Crippen molar-refractivity contribution in [2.24, 2.45) is 0 Å². The zero-order chi connectivity index (χ0) is 15.3. The third-order valence-corrected chi connectivity index (χ3v) is 5.04. The Morgan fingerprint density at radius 3 is 2.90 bits per heavy atom. The van der Waals surface area contributed by atoms with E-state index < -0.39 is 15.9 Å². The van der Waals surface area contributed by atoms with Gasteiger partial charge in [-0.1, -0.05) is 12.8 Å². The minimum absolute atomic E-state index is 0.181. The first-order chi connectivity index (χ1) is 9.96. The van der Waals surface area contributed by atoms with Crippen LogP contribution >= 0.6 is 0 Å². The summed E-state index contributed by atoms with van der Waals surface area (Å²) in [5.74, 6) is 0.766. The molecule has 0 amide bonds. The molecule has 2 atom stereocenters. The van der Waals surface area contributed by atoms with Crippen LogP contribution in [0.2, 0.25) is 0 Å². The molecule has 1 aliphatic rings. The fraction of sp³-hybridized carbons (Fsp3) is 0.733. The average molecular weight is 315 g/mol. The summed E-state index contributed by atoms with van der Waals surface area (Å²) < 4.78 is 28.0. The van der Waals surface area contributed by atoms with Crippen molar-refractivity contribution in [3.05, 3.63) is 24.2 Å². The van der Waals surface area contributed by atoms with E-state index in [4.69, 9.17) is 4.42 Å². The van der Waals surface area contributed by atoms with Crippen molar-refractivity contribution in [3.8, 4) is 0 Å². The first kappa shape index (κ1) is 16.5. The molecule has 120 valence electrons. The molecule has 0 aromatic carbocycles. The number of hydrogen-bond donors (Lipinski definition) is 1. The van der Waals surface area contributed by atoms with Gasteiger partial charge in [-0.05, 0) is 37.9 Å². The predicted molar refractivity (Wildman–Crippen MR) is 81.8 cm³/mol. The van der Waals surface area contributed by atoms with Gasteiger partial charge in [0.25, 0.3) is 0 Å². The van der Waals surface area contributed by atoms with Crippen LogP contribution in [0.15, 0.2) is 22.8 Å². The maximum atomic E-state index is 11.4. The number of hydrogen-bond acceptors (Lipinski definition) is 5. The normalized spacial score (nSPS) is 22.9. The Morgan fingerprint density at radius 2 is 2.24 bits per heavy atom. The molecular formula is C15H25NO4S. The molecule has 0 unspecified atom stereocenters. The van der Waals surface area contributed by atoms with E-state index in [1.54, 1.807) is 18.4 Å². The summed E-state index contributed by atoms with van der Waals surface area (Å²) in [6, 6.07) is 3.77. The highest BCUT2D eigenvalue weighted by Crippen LogP contribution is 2.26. The van der Waals surface area contributed by atoms with Gasteiger partial charge in [-0.3, -0.25) is 4.90 Å². The van der Waals surface area contributed by atoms with Crippen LogP contribution in [0.25, 0.3) is 0 Å². The van der Waals surface area contributed by atoms with Crippen molar-refractivity contribution in [3.63, 3.8) is 0 Å². The number of sulfone groups is 1. The van der Waals surface area contributed by atoms with Crippen molar-refractivity contribution < 1.29 is 17.9 Å². The first-order valence-electron chi connectivity index (χ1n) is 7.59. The lowest BCUT2D eigenvalue weighted by atomic mass is 10.0. The fourth-order valence-electron chi connectivity index (χ4n) is 2.94. The van der Waals surface area contributed by atoms with Crippen LogP contribution in [-0.4, -0.2) is 49.6 Å². The molecule has 1 saturated heterocycles. The van der Waals surface area contributed by atoms with Crippen LogP contribution in [-0.2, 0) is 9.84 Å². The number of aliphatic hydroxyl groups is 1. The highest BCUT2D eigenvalue weighted by molar-refractivity contribution is 7.90. The molecule has 1 aromatic rings. The van der Waals surface area contributed by atoms with Gasteiger partial charge in [0.05, 0.1) is 12.0 Å². The van der Waals surface area contributed by atoms with Gasteiger partial charge in [0.2, 0.25) is 0 Å². The van der Waals surface area contributed by atoms with E-state index >= 15 is 0 Å². The zero-order valence-corrected chi connectivity index (χ0v) is 13.4. The summed E-state index contributed by atoms with van der Waals surface area (Å²) in [5.41, 5.74) is 0.